The van der Waals surface area contributed by atoms with Crippen molar-refractivity contribution in [3.8, 4) is 0 Å². The fourth-order valence-corrected chi connectivity index (χ4v) is 4.12. The summed E-state index contributed by atoms with van der Waals surface area (Å²) in [6, 6.07) is -1.52. The minimum Gasteiger partial charge on any atom is -0.368 e. The van der Waals surface area contributed by atoms with Crippen molar-refractivity contribution in [1.29, 1.82) is 0 Å². The van der Waals surface area contributed by atoms with Crippen molar-refractivity contribution in [2.24, 2.45) is 11.7 Å². The van der Waals surface area contributed by atoms with Crippen LogP contribution in [0.3, 0.4) is 0 Å². The number of carbonyl (C=O) groups is 4. The van der Waals surface area contributed by atoms with E-state index in [9.17, 15) is 19.2 Å². The summed E-state index contributed by atoms with van der Waals surface area (Å²) >= 11 is 0. The van der Waals surface area contributed by atoms with E-state index in [-0.39, 0.29) is 35.9 Å². The number of nitrogens with one attached hydrogen (secondary N) is 2. The number of carbonyl (C=O) groups excluding carboxylic acids is 4. The van der Waals surface area contributed by atoms with E-state index in [2.05, 4.69) is 15.3 Å². The Bertz CT molecular complexity index is 841. The molecule has 9 heteroatoms. The van der Waals surface area contributed by atoms with Gasteiger partial charge in [-0.3, -0.25) is 19.2 Å². The number of H-pyrrole nitrogens is 1. The van der Waals surface area contributed by atoms with Crippen molar-refractivity contribution in [3.05, 3.63) is 17.7 Å². The number of hydrogen-bond donors (Lipinski definition) is 3. The van der Waals surface area contributed by atoms with Crippen molar-refractivity contribution >= 4 is 23.5 Å². The number of hydrogen-bond acceptors (Lipinski definition) is 5. The zero-order valence-electron chi connectivity index (χ0n) is 17.9. The lowest BCUT2D eigenvalue weighted by Gasteiger charge is -2.28. The summed E-state index contributed by atoms with van der Waals surface area (Å²) in [6.45, 7) is 6.51. The molecule has 1 aliphatic carbocycles. The van der Waals surface area contributed by atoms with Gasteiger partial charge in [0, 0.05) is 49.0 Å². The number of rotatable bonds is 6. The topological polar surface area (TPSA) is 138 Å². The van der Waals surface area contributed by atoms with Crippen LogP contribution in [0.25, 0.3) is 0 Å². The Balaban J connectivity index is 1.79. The highest BCUT2D eigenvalue weighted by atomic mass is 16.2. The average Bonchev–Trinajstić information content (AvgIpc) is 3.39. The molecule has 164 valence electrons. The molecule has 9 nitrogen and oxygen atoms in total. The second-order valence-electron chi connectivity index (χ2n) is 9.34. The van der Waals surface area contributed by atoms with Gasteiger partial charge >= 0.3 is 0 Å². The number of nitrogens with zero attached hydrogens (tertiary/aromatic N) is 2. The fraction of sp³-hybridized carbons (Fsp3) is 0.667. The number of primary amides is 1. The number of Topliss-reactive ketones (excluding diaryl/α,β-unsaturated/α-hetero) is 1. The van der Waals surface area contributed by atoms with E-state index in [1.54, 1.807) is 6.20 Å². The zero-order chi connectivity index (χ0) is 22.1. The minimum atomic E-state index is -0.860. The normalized spacial score (nSPS) is 22.9. The van der Waals surface area contributed by atoms with Gasteiger partial charge in [-0.2, -0.15) is 0 Å². The molecule has 4 N–H and O–H groups in total. The van der Waals surface area contributed by atoms with E-state index >= 15 is 0 Å². The predicted molar refractivity (Wildman–Crippen MR) is 109 cm³/mol. The van der Waals surface area contributed by atoms with Crippen LogP contribution in [0.2, 0.25) is 0 Å². The molecular formula is C21H31N5O4. The summed E-state index contributed by atoms with van der Waals surface area (Å²) in [7, 11) is 0. The molecule has 30 heavy (non-hydrogen) atoms. The Morgan fingerprint density at radius 3 is 2.63 bits per heavy atom. The maximum atomic E-state index is 13.3. The van der Waals surface area contributed by atoms with Gasteiger partial charge in [-0.05, 0) is 19.3 Å². The van der Waals surface area contributed by atoms with Crippen LogP contribution in [0.4, 0.5) is 0 Å². The lowest BCUT2D eigenvalue weighted by Crippen LogP contribution is -2.54. The summed E-state index contributed by atoms with van der Waals surface area (Å²) in [5.41, 5.74) is 6.01. The number of aromatic amines is 1. The first-order valence-electron chi connectivity index (χ1n) is 10.5. The molecule has 3 amide bonds. The Labute approximate surface area is 176 Å². The summed E-state index contributed by atoms with van der Waals surface area (Å²) < 4.78 is 0. The third-order valence-corrected chi connectivity index (χ3v) is 5.86. The molecule has 3 rings (SSSR count). The van der Waals surface area contributed by atoms with Crippen LogP contribution in [0.15, 0.2) is 6.20 Å². The maximum Gasteiger partial charge on any atom is 0.246 e. The Kier molecular flexibility index (Phi) is 6.28. The molecular weight excluding hydrogens is 386 g/mol. The predicted octanol–water partition coefficient (Wildman–Crippen LogP) is 0.580. The molecule has 2 fully saturated rings. The van der Waals surface area contributed by atoms with Crippen LogP contribution in [0.1, 0.15) is 64.4 Å². The van der Waals surface area contributed by atoms with Crippen molar-refractivity contribution in [2.45, 2.75) is 76.8 Å². The van der Waals surface area contributed by atoms with Gasteiger partial charge in [0.05, 0.1) is 0 Å². The monoisotopic (exact) mass is 417 g/mol. The van der Waals surface area contributed by atoms with E-state index in [0.29, 0.717) is 32.2 Å². The van der Waals surface area contributed by atoms with Crippen LogP contribution in [0.5, 0.6) is 0 Å². The molecule has 2 heterocycles. The van der Waals surface area contributed by atoms with Crippen molar-refractivity contribution in [3.63, 3.8) is 0 Å². The lowest BCUT2D eigenvalue weighted by molar-refractivity contribution is -0.141. The van der Waals surface area contributed by atoms with Crippen LogP contribution in [-0.4, -0.2) is 57.0 Å². The van der Waals surface area contributed by atoms with Gasteiger partial charge in [0.1, 0.15) is 23.7 Å². The largest absolute Gasteiger partial charge is 0.368 e. The second kappa shape index (κ2) is 8.57. The zero-order valence-corrected chi connectivity index (χ0v) is 17.9. The van der Waals surface area contributed by atoms with Crippen LogP contribution >= 0.6 is 0 Å². The summed E-state index contributed by atoms with van der Waals surface area (Å²) in [6.07, 6.45) is 4.20. The first-order chi connectivity index (χ1) is 14.1. The van der Waals surface area contributed by atoms with E-state index in [0.717, 1.165) is 11.5 Å². The molecule has 0 bridgehead atoms. The van der Waals surface area contributed by atoms with Crippen molar-refractivity contribution in [2.75, 3.05) is 6.54 Å². The number of likely N-dealkylation sites (tertiary alicyclic amines) is 1. The van der Waals surface area contributed by atoms with Crippen molar-refractivity contribution < 1.29 is 19.2 Å². The van der Waals surface area contributed by atoms with Crippen LogP contribution < -0.4 is 11.1 Å². The Morgan fingerprint density at radius 2 is 2.07 bits per heavy atom. The summed E-state index contributed by atoms with van der Waals surface area (Å²) in [5, 5.41) is 2.83. The maximum absolute atomic E-state index is 13.3. The fourth-order valence-electron chi connectivity index (χ4n) is 4.12. The molecule has 1 aromatic rings. The number of aromatic nitrogens is 2. The number of nitrogens with two attached hydrogens (primary N) is 1. The molecule has 1 aliphatic heterocycles. The highest BCUT2D eigenvalue weighted by Gasteiger charge is 2.38. The first-order valence-corrected chi connectivity index (χ1v) is 10.5. The second-order valence-corrected chi connectivity index (χ2v) is 9.34. The number of imidazole rings is 1. The van der Waals surface area contributed by atoms with Gasteiger partial charge in [0.25, 0.3) is 0 Å². The average molecular weight is 418 g/mol. The Hall–Kier alpha value is -2.71. The van der Waals surface area contributed by atoms with E-state index < -0.39 is 23.9 Å². The van der Waals surface area contributed by atoms with Gasteiger partial charge in [-0.1, -0.05) is 20.8 Å². The van der Waals surface area contributed by atoms with E-state index in [1.807, 2.05) is 20.8 Å². The van der Waals surface area contributed by atoms with E-state index in [1.165, 1.54) is 4.90 Å². The highest BCUT2D eigenvalue weighted by Crippen LogP contribution is 2.24. The smallest absolute Gasteiger partial charge is 0.246 e. The van der Waals surface area contributed by atoms with Gasteiger partial charge in [-0.25, -0.2) is 4.98 Å². The van der Waals surface area contributed by atoms with Gasteiger partial charge in [0.2, 0.25) is 17.7 Å². The molecule has 0 radical (unpaired) electrons. The molecule has 0 aromatic carbocycles. The Morgan fingerprint density at radius 1 is 1.33 bits per heavy atom. The number of ketones is 1. The SMILES string of the molecule is CC(C)(C)c1ncc(C[C@H](NC(=O)[C@@H]2CCC(=O)C2)C(=O)N2CCC[C@H]2C(N)=O)[nH]1. The van der Waals surface area contributed by atoms with Crippen LogP contribution in [-0.2, 0) is 31.0 Å². The summed E-state index contributed by atoms with van der Waals surface area (Å²) in [5.74, 6) is -0.734. The quantitative estimate of drug-likeness (QED) is 0.621. The standard InChI is InChI=1S/C21H31N5O4/c1-21(2,3)20-23-11-13(24-20)10-15(25-18(29)12-6-7-14(27)9-12)19(30)26-8-4-5-16(26)17(22)28/h11-12,15-16H,4-10H2,1-3H3,(H2,22,28)(H,23,24)(H,25,29)/t12-,15+,16+/m1/s1. The lowest BCUT2D eigenvalue weighted by atomic mass is 9.96. The number of amides is 3. The molecule has 2 aliphatic rings. The highest BCUT2D eigenvalue weighted by molar-refractivity contribution is 5.94. The molecule has 1 saturated heterocycles. The van der Waals surface area contributed by atoms with Gasteiger partial charge in [0.15, 0.2) is 0 Å². The molecule has 1 aromatic heterocycles. The molecule has 0 unspecified atom stereocenters. The molecule has 1 saturated carbocycles. The van der Waals surface area contributed by atoms with E-state index in [4.69, 9.17) is 5.73 Å². The van der Waals surface area contributed by atoms with Crippen LogP contribution in [0, 0.1) is 5.92 Å². The van der Waals surface area contributed by atoms with Crippen molar-refractivity contribution in [1.82, 2.24) is 20.2 Å². The van der Waals surface area contributed by atoms with Gasteiger partial charge < -0.3 is 20.9 Å². The molecule has 3 atom stereocenters. The van der Waals surface area contributed by atoms with Gasteiger partial charge in [-0.15, -0.1) is 0 Å². The molecule has 0 spiro atoms. The third kappa shape index (κ3) is 4.88. The first kappa shape index (κ1) is 22.0. The third-order valence-electron chi connectivity index (χ3n) is 5.86. The minimum absolute atomic E-state index is 0.0646. The summed E-state index contributed by atoms with van der Waals surface area (Å²) in [4.78, 5) is 58.5.